The fourth-order valence-corrected chi connectivity index (χ4v) is 8.06. The topological polar surface area (TPSA) is 120 Å². The zero-order valence-corrected chi connectivity index (χ0v) is 43.2. The van der Waals surface area contributed by atoms with Gasteiger partial charge in [-0.1, -0.05) is 169 Å². The monoisotopic (exact) mass is 909 g/mol. The third-order valence-electron chi connectivity index (χ3n) is 12.0. The van der Waals surface area contributed by atoms with Gasteiger partial charge in [-0.15, -0.1) is 0 Å². The van der Waals surface area contributed by atoms with Gasteiger partial charge < -0.3 is 29.2 Å². The second-order valence-corrected chi connectivity index (χ2v) is 19.6. The Hall–Kier alpha value is -2.36. The van der Waals surface area contributed by atoms with E-state index in [2.05, 4.69) is 37.9 Å². The van der Waals surface area contributed by atoms with Gasteiger partial charge in [-0.2, -0.15) is 0 Å². The van der Waals surface area contributed by atoms with E-state index >= 15 is 0 Å². The highest BCUT2D eigenvalue weighted by Gasteiger charge is 2.29. The zero-order chi connectivity index (χ0) is 47.4. The summed E-state index contributed by atoms with van der Waals surface area (Å²) in [5.74, 6) is -1.74. The van der Waals surface area contributed by atoms with Crippen molar-refractivity contribution in [2.24, 2.45) is 5.92 Å². The van der Waals surface area contributed by atoms with E-state index in [1.54, 1.807) is 0 Å². The lowest BCUT2D eigenvalue weighted by Crippen LogP contribution is -2.35. The van der Waals surface area contributed by atoms with Crippen LogP contribution >= 0.6 is 0 Å². The van der Waals surface area contributed by atoms with Crippen LogP contribution in [0.4, 0.5) is 4.79 Å². The van der Waals surface area contributed by atoms with E-state index < -0.39 is 23.5 Å². The third-order valence-corrected chi connectivity index (χ3v) is 12.0. The van der Waals surface area contributed by atoms with E-state index in [4.69, 9.17) is 18.9 Å². The summed E-state index contributed by atoms with van der Waals surface area (Å²) >= 11 is 0. The number of nitrogens with zero attached hydrogens (tertiary/aromatic N) is 1. The van der Waals surface area contributed by atoms with E-state index in [1.165, 1.54) is 64.2 Å². The van der Waals surface area contributed by atoms with Crippen LogP contribution in [-0.4, -0.2) is 80.0 Å². The molecule has 0 saturated heterocycles. The molecule has 0 aromatic rings. The molecule has 0 unspecified atom stereocenters. The van der Waals surface area contributed by atoms with Crippen molar-refractivity contribution in [2.45, 2.75) is 278 Å². The predicted octanol–water partition coefficient (Wildman–Crippen LogP) is 14.8. The lowest BCUT2D eigenvalue weighted by molar-refractivity contribution is -0.162. The number of nitrogens with one attached hydrogen (secondary N) is 1. The maximum atomic E-state index is 13.0. The first-order valence-electron chi connectivity index (χ1n) is 27.2. The molecule has 0 aromatic heterocycles. The first kappa shape index (κ1) is 61.6. The summed E-state index contributed by atoms with van der Waals surface area (Å²) < 4.78 is 22.6. The number of alkyl carbamates (subject to hydrolysis) is 1. The molecule has 0 fully saturated rings. The van der Waals surface area contributed by atoms with Crippen LogP contribution in [0.1, 0.15) is 267 Å². The van der Waals surface area contributed by atoms with Crippen molar-refractivity contribution in [2.75, 3.05) is 39.4 Å². The average Bonchev–Trinajstić information content (AvgIpc) is 3.25. The van der Waals surface area contributed by atoms with Crippen LogP contribution in [0.2, 0.25) is 0 Å². The lowest BCUT2D eigenvalue weighted by Gasteiger charge is -2.23. The molecule has 0 radical (unpaired) electrons. The van der Waals surface area contributed by atoms with Gasteiger partial charge in [0.2, 0.25) is 0 Å². The molecule has 0 aliphatic rings. The second kappa shape index (κ2) is 44.5. The largest absolute Gasteiger partial charge is 0.465 e. The van der Waals surface area contributed by atoms with E-state index in [-0.39, 0.29) is 18.2 Å². The first-order valence-corrected chi connectivity index (χ1v) is 27.2. The minimum absolute atomic E-state index is 0.0147. The van der Waals surface area contributed by atoms with Gasteiger partial charge in [0.1, 0.15) is 11.7 Å². The van der Waals surface area contributed by atoms with E-state index in [1.807, 2.05) is 20.8 Å². The number of esters is 3. The highest BCUT2D eigenvalue weighted by molar-refractivity contribution is 5.94. The molecule has 0 spiro atoms. The summed E-state index contributed by atoms with van der Waals surface area (Å²) in [7, 11) is 0. The molecule has 1 N–H and O–H groups in total. The number of amides is 1. The fourth-order valence-electron chi connectivity index (χ4n) is 8.06. The maximum Gasteiger partial charge on any atom is 0.407 e. The van der Waals surface area contributed by atoms with Crippen LogP contribution in [0, 0.1) is 5.92 Å². The molecule has 0 aromatic carbocycles. The predicted molar refractivity (Wildman–Crippen MR) is 266 cm³/mol. The van der Waals surface area contributed by atoms with Crippen molar-refractivity contribution in [3.8, 4) is 0 Å². The minimum atomic E-state index is -0.848. The van der Waals surface area contributed by atoms with Crippen LogP contribution in [0.15, 0.2) is 0 Å². The van der Waals surface area contributed by atoms with Crippen LogP contribution in [0.25, 0.3) is 0 Å². The summed E-state index contributed by atoms with van der Waals surface area (Å²) in [6.45, 7) is 18.5. The molecular weight excluding hydrogens is 805 g/mol. The Morgan fingerprint density at radius 1 is 0.469 bits per heavy atom. The number of hydrogen-bond donors (Lipinski definition) is 1. The number of ether oxygens (including phenoxy) is 4. The molecule has 0 atom stereocenters. The van der Waals surface area contributed by atoms with Gasteiger partial charge in [-0.3, -0.25) is 14.4 Å². The Kier molecular flexibility index (Phi) is 42.8. The number of rotatable bonds is 46. The number of carbonyl (C=O) groups is 4. The molecule has 10 heteroatoms. The second-order valence-electron chi connectivity index (χ2n) is 19.6. The smallest absolute Gasteiger partial charge is 0.407 e. The molecule has 0 saturated carbocycles. The standard InChI is InChI=1S/C54H104N2O8/c1-8-12-16-20-23-29-38-48(39-30-24-21-17-13-9-2)63-50(57)41-32-25-22-27-33-43-56(45-37-42-55-53(60)64-54(5,6)7)44-34-28-26-31-40-49(51(58)61-46-35-18-14-10-3)52(59)62-47-36-19-15-11-4/h48-49H,8-47H2,1-7H3,(H,55,60). The Morgan fingerprint density at radius 2 is 0.859 bits per heavy atom. The Labute approximate surface area is 394 Å². The van der Waals surface area contributed by atoms with Crippen LogP contribution in [-0.2, 0) is 33.3 Å². The van der Waals surface area contributed by atoms with Crippen molar-refractivity contribution >= 4 is 24.0 Å². The third kappa shape index (κ3) is 41.1. The van der Waals surface area contributed by atoms with Gasteiger partial charge in [0.25, 0.3) is 0 Å². The summed E-state index contributed by atoms with van der Waals surface area (Å²) in [6.07, 6.45) is 35.7. The normalized spacial score (nSPS) is 11.7. The van der Waals surface area contributed by atoms with Crippen LogP contribution in [0.5, 0.6) is 0 Å². The molecule has 0 aliphatic carbocycles. The number of carbonyl (C=O) groups excluding carboxylic acids is 4. The van der Waals surface area contributed by atoms with Gasteiger partial charge in [0, 0.05) is 13.0 Å². The fraction of sp³-hybridized carbons (Fsp3) is 0.926. The van der Waals surface area contributed by atoms with Gasteiger partial charge in [-0.25, -0.2) is 4.79 Å². The first-order chi connectivity index (χ1) is 31.0. The maximum absolute atomic E-state index is 13.0. The molecule has 0 bridgehead atoms. The number of hydrogen-bond acceptors (Lipinski definition) is 9. The van der Waals surface area contributed by atoms with E-state index in [9.17, 15) is 19.2 Å². The van der Waals surface area contributed by atoms with Crippen molar-refractivity contribution in [1.29, 1.82) is 0 Å². The van der Waals surface area contributed by atoms with Gasteiger partial charge in [0.15, 0.2) is 5.92 Å². The van der Waals surface area contributed by atoms with Crippen molar-refractivity contribution in [1.82, 2.24) is 10.2 Å². The molecule has 0 aliphatic heterocycles. The molecule has 1 amide bonds. The lowest BCUT2D eigenvalue weighted by atomic mass is 10.0. The van der Waals surface area contributed by atoms with E-state index in [0.29, 0.717) is 32.6 Å². The number of unbranched alkanes of at least 4 members (excludes halogenated alkanes) is 23. The molecule has 10 nitrogen and oxygen atoms in total. The zero-order valence-electron chi connectivity index (χ0n) is 43.2. The van der Waals surface area contributed by atoms with E-state index in [0.717, 1.165) is 161 Å². The highest BCUT2D eigenvalue weighted by Crippen LogP contribution is 2.20. The van der Waals surface area contributed by atoms with Crippen molar-refractivity contribution < 1.29 is 38.1 Å². The van der Waals surface area contributed by atoms with Crippen LogP contribution in [0.3, 0.4) is 0 Å². The van der Waals surface area contributed by atoms with Gasteiger partial charge in [0.05, 0.1) is 13.2 Å². The Morgan fingerprint density at radius 3 is 1.33 bits per heavy atom. The van der Waals surface area contributed by atoms with Gasteiger partial charge >= 0.3 is 24.0 Å². The Balaban J connectivity index is 4.92. The Bertz CT molecular complexity index is 1050. The summed E-state index contributed by atoms with van der Waals surface area (Å²) in [6, 6.07) is 0. The summed E-state index contributed by atoms with van der Waals surface area (Å²) in [5.41, 5.74) is -0.525. The SMILES string of the molecule is CCCCCCCCC(CCCCCCCC)OC(=O)CCCCCCCN(CCCCCCC(C(=O)OCCCCCC)C(=O)OCCCCCC)CCCNC(=O)OC(C)(C)C. The molecule has 0 rings (SSSR count). The van der Waals surface area contributed by atoms with Crippen molar-refractivity contribution in [3.63, 3.8) is 0 Å². The average molecular weight is 909 g/mol. The van der Waals surface area contributed by atoms with Gasteiger partial charge in [-0.05, 0) is 111 Å². The molecule has 378 valence electrons. The molecular formula is C54H104N2O8. The summed E-state index contributed by atoms with van der Waals surface area (Å²) in [4.78, 5) is 53.6. The molecule has 64 heavy (non-hydrogen) atoms. The molecule has 0 heterocycles. The quantitative estimate of drug-likeness (QED) is 0.0275. The summed E-state index contributed by atoms with van der Waals surface area (Å²) in [5, 5.41) is 2.90. The minimum Gasteiger partial charge on any atom is -0.465 e. The van der Waals surface area contributed by atoms with Crippen molar-refractivity contribution in [3.05, 3.63) is 0 Å². The highest BCUT2D eigenvalue weighted by atomic mass is 16.6. The van der Waals surface area contributed by atoms with Crippen LogP contribution < -0.4 is 5.32 Å².